The largest absolute Gasteiger partial charge is 0.366 e. The van der Waals surface area contributed by atoms with Gasteiger partial charge in [0.05, 0.1) is 5.69 Å². The van der Waals surface area contributed by atoms with Gasteiger partial charge in [-0.3, -0.25) is 0 Å². The second-order valence-corrected chi connectivity index (χ2v) is 6.07. The smallest absolute Gasteiger partial charge is 0.146 e. The van der Waals surface area contributed by atoms with Crippen LogP contribution in [0.5, 0.6) is 0 Å². The zero-order valence-electron chi connectivity index (χ0n) is 12.2. The number of rotatable bonds is 6. The third-order valence-electron chi connectivity index (χ3n) is 3.73. The van der Waals surface area contributed by atoms with Gasteiger partial charge in [-0.2, -0.15) is 0 Å². The highest BCUT2D eigenvalue weighted by Gasteiger charge is 2.32. The summed E-state index contributed by atoms with van der Waals surface area (Å²) in [6, 6.07) is 5.63. The minimum Gasteiger partial charge on any atom is -0.366 e. The number of anilines is 1. The highest BCUT2D eigenvalue weighted by atomic mass is 19.1. The Labute approximate surface area is 115 Å². The molecule has 2 N–H and O–H groups in total. The number of nitrogens with zero attached hydrogens (tertiary/aromatic N) is 1. The van der Waals surface area contributed by atoms with Gasteiger partial charge in [0.2, 0.25) is 0 Å². The van der Waals surface area contributed by atoms with Gasteiger partial charge < -0.3 is 10.6 Å². The van der Waals surface area contributed by atoms with Crippen molar-refractivity contribution >= 4 is 5.69 Å². The van der Waals surface area contributed by atoms with Crippen molar-refractivity contribution in [2.75, 3.05) is 11.4 Å². The molecule has 1 unspecified atom stereocenters. The Balaban J connectivity index is 2.30. The first kappa shape index (κ1) is 14.3. The van der Waals surface area contributed by atoms with Crippen molar-refractivity contribution < 1.29 is 4.39 Å². The summed E-state index contributed by atoms with van der Waals surface area (Å²) in [6.45, 7) is 7.26. The van der Waals surface area contributed by atoms with Gasteiger partial charge in [0, 0.05) is 18.6 Å². The highest BCUT2D eigenvalue weighted by Crippen LogP contribution is 2.37. The first-order valence-corrected chi connectivity index (χ1v) is 7.31. The fraction of sp³-hybridized carbons (Fsp3) is 0.625. The van der Waals surface area contributed by atoms with Crippen molar-refractivity contribution in [2.45, 2.75) is 52.1 Å². The Kier molecular flexibility index (Phi) is 4.46. The van der Waals surface area contributed by atoms with Crippen molar-refractivity contribution in [2.24, 2.45) is 11.7 Å². The summed E-state index contributed by atoms with van der Waals surface area (Å²) in [7, 11) is 0. The predicted octanol–water partition coefficient (Wildman–Crippen LogP) is 3.86. The van der Waals surface area contributed by atoms with Gasteiger partial charge in [0.15, 0.2) is 0 Å². The highest BCUT2D eigenvalue weighted by molar-refractivity contribution is 5.57. The van der Waals surface area contributed by atoms with Gasteiger partial charge in [0.1, 0.15) is 5.82 Å². The maximum Gasteiger partial charge on any atom is 0.146 e. The summed E-state index contributed by atoms with van der Waals surface area (Å²) in [5, 5.41) is 0. The van der Waals surface area contributed by atoms with Gasteiger partial charge in [-0.25, -0.2) is 4.39 Å². The van der Waals surface area contributed by atoms with Crippen molar-refractivity contribution in [1.82, 2.24) is 0 Å². The van der Waals surface area contributed by atoms with Gasteiger partial charge >= 0.3 is 0 Å². The molecule has 1 aliphatic rings. The lowest BCUT2D eigenvalue weighted by atomic mass is 10.0. The zero-order valence-corrected chi connectivity index (χ0v) is 12.2. The number of para-hydroxylation sites is 1. The molecule has 1 aromatic carbocycles. The Morgan fingerprint density at radius 1 is 1.32 bits per heavy atom. The fourth-order valence-corrected chi connectivity index (χ4v) is 2.46. The maximum absolute atomic E-state index is 14.3. The summed E-state index contributed by atoms with van der Waals surface area (Å²) < 4.78 is 14.3. The summed E-state index contributed by atoms with van der Waals surface area (Å²) in [4.78, 5) is 2.24. The van der Waals surface area contributed by atoms with E-state index in [4.69, 9.17) is 5.73 Å². The predicted molar refractivity (Wildman–Crippen MR) is 78.8 cm³/mol. The molecule has 1 fully saturated rings. The van der Waals surface area contributed by atoms with Gasteiger partial charge in [-0.05, 0) is 43.7 Å². The number of hydrogen-bond acceptors (Lipinski definition) is 2. The molecule has 1 aliphatic carbocycles. The van der Waals surface area contributed by atoms with Crippen LogP contribution in [0.25, 0.3) is 0 Å². The van der Waals surface area contributed by atoms with Gasteiger partial charge in [-0.1, -0.05) is 26.0 Å². The van der Waals surface area contributed by atoms with Crippen molar-refractivity contribution in [1.29, 1.82) is 0 Å². The zero-order chi connectivity index (χ0) is 14.0. The molecule has 0 aliphatic heterocycles. The molecule has 0 heterocycles. The second-order valence-electron chi connectivity index (χ2n) is 6.07. The molecule has 2 rings (SSSR count). The SMILES string of the molecule is CC(C)CCN(c1c(F)cccc1C(C)N)C1CC1. The van der Waals surface area contributed by atoms with Crippen LogP contribution in [0, 0.1) is 11.7 Å². The van der Waals surface area contributed by atoms with Crippen LogP contribution in [0.4, 0.5) is 10.1 Å². The minimum atomic E-state index is -0.134. The molecule has 0 amide bonds. The van der Waals surface area contributed by atoms with E-state index in [1.807, 2.05) is 13.0 Å². The normalized spacial score (nSPS) is 16.7. The average Bonchev–Trinajstić information content (AvgIpc) is 3.14. The third kappa shape index (κ3) is 3.47. The number of benzene rings is 1. The molecule has 3 heteroatoms. The standard InChI is InChI=1S/C16H25FN2/c1-11(2)9-10-19(13-7-8-13)16-14(12(3)18)5-4-6-15(16)17/h4-6,11-13H,7-10,18H2,1-3H3. The summed E-state index contributed by atoms with van der Waals surface area (Å²) in [6.07, 6.45) is 3.43. The van der Waals surface area contributed by atoms with E-state index in [9.17, 15) is 4.39 Å². The lowest BCUT2D eigenvalue weighted by Crippen LogP contribution is -2.30. The van der Waals surface area contributed by atoms with Crippen LogP contribution in [0.1, 0.15) is 51.6 Å². The van der Waals surface area contributed by atoms with Crippen LogP contribution in [0.15, 0.2) is 18.2 Å². The molecule has 1 saturated carbocycles. The Morgan fingerprint density at radius 2 is 2.00 bits per heavy atom. The Hall–Kier alpha value is -1.09. The number of halogens is 1. The van der Waals surface area contributed by atoms with Gasteiger partial charge in [-0.15, -0.1) is 0 Å². The molecule has 19 heavy (non-hydrogen) atoms. The summed E-state index contributed by atoms with van der Waals surface area (Å²) in [5.41, 5.74) is 7.67. The monoisotopic (exact) mass is 264 g/mol. The van der Waals surface area contributed by atoms with E-state index in [0.29, 0.717) is 12.0 Å². The second kappa shape index (κ2) is 5.91. The van der Waals surface area contributed by atoms with Crippen molar-refractivity contribution in [3.8, 4) is 0 Å². The first-order chi connectivity index (χ1) is 9.00. The van der Waals surface area contributed by atoms with E-state index in [0.717, 1.165) is 24.2 Å². The summed E-state index contributed by atoms with van der Waals surface area (Å²) >= 11 is 0. The van der Waals surface area contributed by atoms with Crippen LogP contribution < -0.4 is 10.6 Å². The Morgan fingerprint density at radius 3 is 2.53 bits per heavy atom. The van der Waals surface area contributed by atoms with Crippen molar-refractivity contribution in [3.63, 3.8) is 0 Å². The fourth-order valence-electron chi connectivity index (χ4n) is 2.46. The average molecular weight is 264 g/mol. The van der Waals surface area contributed by atoms with E-state index in [1.54, 1.807) is 12.1 Å². The van der Waals surface area contributed by atoms with E-state index < -0.39 is 0 Å². The molecule has 0 saturated heterocycles. The van der Waals surface area contributed by atoms with E-state index in [2.05, 4.69) is 18.7 Å². The maximum atomic E-state index is 14.3. The van der Waals surface area contributed by atoms with E-state index in [1.165, 1.54) is 12.8 Å². The topological polar surface area (TPSA) is 29.3 Å². The lowest BCUT2D eigenvalue weighted by molar-refractivity contribution is 0.555. The van der Waals surface area contributed by atoms with Crippen LogP contribution in [0.2, 0.25) is 0 Å². The van der Waals surface area contributed by atoms with Crippen LogP contribution in [-0.4, -0.2) is 12.6 Å². The van der Waals surface area contributed by atoms with Crippen LogP contribution in [0.3, 0.4) is 0 Å². The number of hydrogen-bond donors (Lipinski definition) is 1. The van der Waals surface area contributed by atoms with Crippen LogP contribution in [-0.2, 0) is 0 Å². The van der Waals surface area contributed by atoms with Crippen LogP contribution >= 0.6 is 0 Å². The van der Waals surface area contributed by atoms with E-state index >= 15 is 0 Å². The molecule has 0 radical (unpaired) electrons. The molecular formula is C16H25FN2. The molecule has 106 valence electrons. The molecule has 2 nitrogen and oxygen atoms in total. The van der Waals surface area contributed by atoms with Gasteiger partial charge in [0.25, 0.3) is 0 Å². The molecule has 0 spiro atoms. The minimum absolute atomic E-state index is 0.133. The molecule has 0 aromatic heterocycles. The molecule has 0 bridgehead atoms. The lowest BCUT2D eigenvalue weighted by Gasteiger charge is -2.29. The summed E-state index contributed by atoms with van der Waals surface area (Å²) in [5.74, 6) is 0.497. The Bertz CT molecular complexity index is 425. The third-order valence-corrected chi connectivity index (χ3v) is 3.73. The molecule has 1 aromatic rings. The van der Waals surface area contributed by atoms with Crippen molar-refractivity contribution in [3.05, 3.63) is 29.6 Å². The van der Waals surface area contributed by atoms with E-state index in [-0.39, 0.29) is 11.9 Å². The quantitative estimate of drug-likeness (QED) is 0.845. The molecular weight excluding hydrogens is 239 g/mol. The first-order valence-electron chi connectivity index (χ1n) is 7.31. The number of nitrogens with two attached hydrogens (primary N) is 1. The molecule has 1 atom stereocenters.